The van der Waals surface area contributed by atoms with Gasteiger partial charge in [0.2, 0.25) is 0 Å². The van der Waals surface area contributed by atoms with Crippen LogP contribution < -0.4 is 10.6 Å². The van der Waals surface area contributed by atoms with E-state index >= 15 is 0 Å². The van der Waals surface area contributed by atoms with E-state index in [4.69, 9.17) is 13.3 Å². The first-order valence-electron chi connectivity index (χ1n) is 8.12. The lowest BCUT2D eigenvalue weighted by atomic mass is 10.2. The first kappa shape index (κ1) is 19.9. The van der Waals surface area contributed by atoms with Crippen LogP contribution in [-0.4, -0.2) is 57.8 Å². The Hall–Kier alpha value is -1.16. The number of hydrogen-bond acceptors (Lipinski definition) is 5. The van der Waals surface area contributed by atoms with Crippen LogP contribution >= 0.6 is 0 Å². The van der Waals surface area contributed by atoms with Crippen molar-refractivity contribution in [1.29, 1.82) is 0 Å². The van der Waals surface area contributed by atoms with E-state index in [0.29, 0.717) is 32.3 Å². The molecule has 134 valence electrons. The highest BCUT2D eigenvalue weighted by Crippen LogP contribution is 2.19. The third-order valence-electron chi connectivity index (χ3n) is 3.29. The van der Waals surface area contributed by atoms with E-state index in [1.807, 2.05) is 20.8 Å². The summed E-state index contributed by atoms with van der Waals surface area (Å²) in [5.41, 5.74) is -0.731. The highest BCUT2D eigenvalue weighted by Gasteiger charge is 2.41. The van der Waals surface area contributed by atoms with E-state index in [0.717, 1.165) is 4.90 Å². The van der Waals surface area contributed by atoms with Gasteiger partial charge < -0.3 is 23.9 Å². The van der Waals surface area contributed by atoms with Crippen LogP contribution in [0.3, 0.4) is 0 Å². The molecular formula is C14H29N3O5Si. The van der Waals surface area contributed by atoms with Gasteiger partial charge in [-0.05, 0) is 41.0 Å². The Morgan fingerprint density at radius 2 is 1.39 bits per heavy atom. The molecule has 4 amide bonds. The zero-order valence-corrected chi connectivity index (χ0v) is 15.7. The molecule has 0 unspecified atom stereocenters. The van der Waals surface area contributed by atoms with Crippen LogP contribution in [0.2, 0.25) is 6.04 Å². The number of nitrogens with zero attached hydrogens (tertiary/aromatic N) is 1. The number of nitrogens with one attached hydrogen (secondary N) is 2. The molecule has 1 aliphatic heterocycles. The van der Waals surface area contributed by atoms with Crippen LogP contribution in [0.4, 0.5) is 9.59 Å². The third-order valence-corrected chi connectivity index (χ3v) is 6.44. The number of amides is 4. The molecule has 0 aliphatic carbocycles. The molecule has 0 spiro atoms. The van der Waals surface area contributed by atoms with Gasteiger partial charge in [0.15, 0.2) is 0 Å². The lowest BCUT2D eigenvalue weighted by molar-refractivity contribution is 0.0699. The minimum Gasteiger partial charge on any atom is -0.374 e. The van der Waals surface area contributed by atoms with Gasteiger partial charge in [0, 0.05) is 32.4 Å². The largest absolute Gasteiger partial charge is 0.500 e. The molecule has 1 heterocycles. The number of carbonyl (C=O) groups is 2. The lowest BCUT2D eigenvalue weighted by Gasteiger charge is -2.38. The van der Waals surface area contributed by atoms with Crippen LogP contribution in [0, 0.1) is 0 Å². The van der Waals surface area contributed by atoms with Crippen molar-refractivity contribution in [2.24, 2.45) is 0 Å². The normalized spacial score (nSPS) is 17.9. The molecule has 0 aromatic carbocycles. The molecule has 1 aliphatic rings. The molecule has 8 nitrogen and oxygen atoms in total. The van der Waals surface area contributed by atoms with Gasteiger partial charge in [-0.15, -0.1) is 0 Å². The van der Waals surface area contributed by atoms with Crippen LogP contribution in [-0.2, 0) is 13.3 Å². The number of urea groups is 2. The molecule has 0 aromatic heterocycles. The van der Waals surface area contributed by atoms with Crippen LogP contribution in [0.1, 0.15) is 41.0 Å². The molecule has 1 rings (SSSR count). The summed E-state index contributed by atoms with van der Waals surface area (Å²) < 4.78 is 17.3. The standard InChI is InChI=1S/C14H29N3O5Si/c1-6-20-23(21-7-2,22-8-3)11-9-10-17-12(18)15-14(4,5)16-13(17)19/h6-11H2,1-5H3,(H,15,18)(H,16,19). The van der Waals surface area contributed by atoms with Crippen molar-refractivity contribution >= 4 is 20.9 Å². The second-order valence-corrected chi connectivity index (χ2v) is 8.45. The zero-order chi connectivity index (χ0) is 17.5. The van der Waals surface area contributed by atoms with Crippen LogP contribution in [0.15, 0.2) is 0 Å². The summed E-state index contributed by atoms with van der Waals surface area (Å²) in [6.07, 6.45) is 0.563. The van der Waals surface area contributed by atoms with Gasteiger partial charge >= 0.3 is 20.9 Å². The summed E-state index contributed by atoms with van der Waals surface area (Å²) in [6.45, 7) is 11.0. The van der Waals surface area contributed by atoms with E-state index < -0.39 is 26.5 Å². The summed E-state index contributed by atoms with van der Waals surface area (Å²) in [7, 11) is -2.74. The molecule has 1 fully saturated rings. The Bertz CT molecular complexity index is 382. The van der Waals surface area contributed by atoms with Gasteiger partial charge in [0.25, 0.3) is 0 Å². The quantitative estimate of drug-likeness (QED) is 0.589. The van der Waals surface area contributed by atoms with Gasteiger partial charge in [-0.25, -0.2) is 14.5 Å². The topological polar surface area (TPSA) is 89.1 Å². The van der Waals surface area contributed by atoms with Crippen LogP contribution in [0.25, 0.3) is 0 Å². The Morgan fingerprint density at radius 1 is 0.957 bits per heavy atom. The van der Waals surface area contributed by atoms with Gasteiger partial charge in [0.1, 0.15) is 5.66 Å². The Balaban J connectivity index is 2.61. The maximum Gasteiger partial charge on any atom is 0.500 e. The highest BCUT2D eigenvalue weighted by atomic mass is 28.4. The number of hydrogen-bond donors (Lipinski definition) is 2. The van der Waals surface area contributed by atoms with Crippen molar-refractivity contribution in [2.75, 3.05) is 26.4 Å². The molecule has 23 heavy (non-hydrogen) atoms. The first-order chi connectivity index (χ1) is 10.8. The molecule has 0 atom stereocenters. The molecule has 0 aromatic rings. The lowest BCUT2D eigenvalue weighted by Crippen LogP contribution is -2.68. The summed E-state index contributed by atoms with van der Waals surface area (Å²) in [6, 6.07) is -0.228. The average molecular weight is 347 g/mol. The molecule has 0 saturated carbocycles. The number of imide groups is 1. The molecule has 9 heteroatoms. The number of carbonyl (C=O) groups excluding carboxylic acids is 2. The molecular weight excluding hydrogens is 318 g/mol. The summed E-state index contributed by atoms with van der Waals surface area (Å²) in [5.74, 6) is 0. The van der Waals surface area contributed by atoms with E-state index in [-0.39, 0.29) is 6.54 Å². The number of rotatable bonds is 10. The summed E-state index contributed by atoms with van der Waals surface area (Å²) >= 11 is 0. The van der Waals surface area contributed by atoms with E-state index in [1.165, 1.54) is 0 Å². The molecule has 0 radical (unpaired) electrons. The SMILES string of the molecule is CCO[Si](CCCN1C(=O)NC(C)(C)NC1=O)(OCC)OCC. The smallest absolute Gasteiger partial charge is 0.374 e. The van der Waals surface area contributed by atoms with Crippen molar-refractivity contribution in [3.63, 3.8) is 0 Å². The highest BCUT2D eigenvalue weighted by molar-refractivity contribution is 6.60. The van der Waals surface area contributed by atoms with Crippen LogP contribution in [0.5, 0.6) is 0 Å². The second-order valence-electron chi connectivity index (χ2n) is 5.72. The van der Waals surface area contributed by atoms with E-state index in [1.54, 1.807) is 13.8 Å². The first-order valence-corrected chi connectivity index (χ1v) is 10.1. The minimum absolute atomic E-state index is 0.287. The predicted molar refractivity (Wildman–Crippen MR) is 87.9 cm³/mol. The second kappa shape index (κ2) is 8.62. The fraction of sp³-hybridized carbons (Fsp3) is 0.857. The van der Waals surface area contributed by atoms with Gasteiger partial charge in [-0.1, -0.05) is 0 Å². The van der Waals surface area contributed by atoms with E-state index in [9.17, 15) is 9.59 Å². The Morgan fingerprint density at radius 3 is 1.78 bits per heavy atom. The molecule has 0 bridgehead atoms. The monoisotopic (exact) mass is 347 g/mol. The van der Waals surface area contributed by atoms with Crippen molar-refractivity contribution in [3.8, 4) is 0 Å². The van der Waals surface area contributed by atoms with Crippen molar-refractivity contribution in [2.45, 2.75) is 52.7 Å². The summed E-state index contributed by atoms with van der Waals surface area (Å²) in [4.78, 5) is 25.2. The minimum atomic E-state index is -2.74. The van der Waals surface area contributed by atoms with Crippen molar-refractivity contribution < 1.29 is 22.9 Å². The maximum absolute atomic E-state index is 12.0. The van der Waals surface area contributed by atoms with Gasteiger partial charge in [-0.2, -0.15) is 0 Å². The molecule has 1 saturated heterocycles. The maximum atomic E-state index is 12.0. The van der Waals surface area contributed by atoms with Crippen molar-refractivity contribution in [1.82, 2.24) is 15.5 Å². The van der Waals surface area contributed by atoms with E-state index in [2.05, 4.69) is 10.6 Å². The average Bonchev–Trinajstić information content (AvgIpc) is 2.41. The Labute approximate surface area is 139 Å². The van der Waals surface area contributed by atoms with Crippen molar-refractivity contribution in [3.05, 3.63) is 0 Å². The fourth-order valence-corrected chi connectivity index (χ4v) is 5.04. The van der Waals surface area contributed by atoms with Gasteiger partial charge in [0.05, 0.1) is 0 Å². The van der Waals surface area contributed by atoms with Gasteiger partial charge in [-0.3, -0.25) is 0 Å². The predicted octanol–water partition coefficient (Wildman–Crippen LogP) is 1.90. The Kier molecular flexibility index (Phi) is 7.45. The third kappa shape index (κ3) is 5.76. The zero-order valence-electron chi connectivity index (χ0n) is 14.7. The fourth-order valence-electron chi connectivity index (χ4n) is 2.45. The molecule has 2 N–H and O–H groups in total. The summed E-state index contributed by atoms with van der Waals surface area (Å²) in [5, 5.41) is 5.46.